The second-order valence-corrected chi connectivity index (χ2v) is 6.16. The van der Waals surface area contributed by atoms with Gasteiger partial charge in [-0.05, 0) is 38.5 Å². The van der Waals surface area contributed by atoms with Gasteiger partial charge < -0.3 is 4.74 Å². The Kier molecular flexibility index (Phi) is 5.01. The molecule has 1 nitrogen and oxygen atoms in total. The van der Waals surface area contributed by atoms with Crippen LogP contribution in [0.2, 0.25) is 0 Å². The van der Waals surface area contributed by atoms with Gasteiger partial charge in [-0.25, -0.2) is 0 Å². The van der Waals surface area contributed by atoms with Gasteiger partial charge in [-0.15, -0.1) is 0 Å². The molecular formula is C11H21IO. The van der Waals surface area contributed by atoms with Gasteiger partial charge in [0.2, 0.25) is 0 Å². The first-order valence-corrected chi connectivity index (χ1v) is 6.63. The number of alkyl halides is 1. The van der Waals surface area contributed by atoms with Crippen LogP contribution >= 0.6 is 22.6 Å². The Hall–Kier alpha value is 0.690. The van der Waals surface area contributed by atoms with E-state index in [0.29, 0.717) is 12.2 Å². The lowest BCUT2D eigenvalue weighted by Gasteiger charge is -2.22. The summed E-state index contributed by atoms with van der Waals surface area (Å²) in [6, 6.07) is 0. The summed E-state index contributed by atoms with van der Waals surface area (Å²) in [6.07, 6.45) is 6.15. The molecule has 0 heterocycles. The van der Waals surface area contributed by atoms with Crippen LogP contribution in [0.1, 0.15) is 46.5 Å². The molecule has 0 radical (unpaired) electrons. The van der Waals surface area contributed by atoms with E-state index in [-0.39, 0.29) is 0 Å². The van der Waals surface area contributed by atoms with E-state index in [1.165, 1.54) is 25.7 Å². The molecule has 0 bridgehead atoms. The largest absolute Gasteiger partial charge is 0.374 e. The Morgan fingerprint density at radius 3 is 2.46 bits per heavy atom. The Balaban J connectivity index is 2.22. The lowest BCUT2D eigenvalue weighted by molar-refractivity contribution is -0.00301. The smallest absolute Gasteiger partial charge is 0.0696 e. The maximum Gasteiger partial charge on any atom is 0.0696 e. The van der Waals surface area contributed by atoms with Crippen molar-refractivity contribution in [3.63, 3.8) is 0 Å². The highest BCUT2D eigenvalue weighted by Gasteiger charge is 2.26. The predicted octanol–water partition coefficient (Wildman–Crippen LogP) is 3.79. The summed E-state index contributed by atoms with van der Waals surface area (Å²) in [5, 5.41) is 0. The summed E-state index contributed by atoms with van der Waals surface area (Å²) >= 11 is 2.54. The molecule has 0 spiro atoms. The Morgan fingerprint density at radius 1 is 1.31 bits per heavy atom. The van der Waals surface area contributed by atoms with E-state index in [2.05, 4.69) is 43.4 Å². The zero-order valence-electron chi connectivity index (χ0n) is 8.92. The third-order valence-corrected chi connectivity index (χ3v) is 4.01. The van der Waals surface area contributed by atoms with Gasteiger partial charge in [0.15, 0.2) is 0 Å². The molecule has 0 aromatic heterocycles. The predicted molar refractivity (Wildman–Crippen MR) is 65.4 cm³/mol. The van der Waals surface area contributed by atoms with Crippen molar-refractivity contribution in [2.75, 3.05) is 0 Å². The topological polar surface area (TPSA) is 9.23 Å². The van der Waals surface area contributed by atoms with E-state index in [4.69, 9.17) is 4.74 Å². The van der Waals surface area contributed by atoms with Gasteiger partial charge in [0.1, 0.15) is 0 Å². The zero-order valence-corrected chi connectivity index (χ0v) is 11.1. The van der Waals surface area contributed by atoms with E-state index < -0.39 is 0 Å². The second kappa shape index (κ2) is 5.54. The molecule has 1 rings (SSSR count). The Morgan fingerprint density at radius 2 is 2.00 bits per heavy atom. The molecule has 13 heavy (non-hydrogen) atoms. The van der Waals surface area contributed by atoms with Crippen LogP contribution in [0.25, 0.3) is 0 Å². The van der Waals surface area contributed by atoms with Crippen molar-refractivity contribution in [2.24, 2.45) is 5.92 Å². The standard InChI is InChI=1S/C11H21IO/c1-8(2)7-9(3)13-11-6-4-5-10(11)12/h8-11H,4-7H2,1-3H3. The van der Waals surface area contributed by atoms with E-state index in [1.54, 1.807) is 0 Å². The van der Waals surface area contributed by atoms with Crippen molar-refractivity contribution in [2.45, 2.75) is 62.6 Å². The lowest BCUT2D eigenvalue weighted by atomic mass is 10.1. The highest BCUT2D eigenvalue weighted by atomic mass is 127. The summed E-state index contributed by atoms with van der Waals surface area (Å²) in [6.45, 7) is 6.73. The molecule has 2 heteroatoms. The zero-order chi connectivity index (χ0) is 9.84. The second-order valence-electron chi connectivity index (χ2n) is 4.56. The monoisotopic (exact) mass is 296 g/mol. The molecular weight excluding hydrogens is 275 g/mol. The molecule has 0 saturated heterocycles. The summed E-state index contributed by atoms with van der Waals surface area (Å²) in [5.41, 5.74) is 0. The number of rotatable bonds is 4. The average Bonchev–Trinajstić information content (AvgIpc) is 2.34. The van der Waals surface area contributed by atoms with Crippen LogP contribution in [0.5, 0.6) is 0 Å². The number of hydrogen-bond acceptors (Lipinski definition) is 1. The van der Waals surface area contributed by atoms with Gasteiger partial charge in [0.25, 0.3) is 0 Å². The molecule has 1 saturated carbocycles. The molecule has 78 valence electrons. The maximum absolute atomic E-state index is 6.03. The van der Waals surface area contributed by atoms with Gasteiger partial charge >= 0.3 is 0 Å². The first-order chi connectivity index (χ1) is 6.09. The average molecular weight is 296 g/mol. The molecule has 0 N–H and O–H groups in total. The third kappa shape index (κ3) is 4.15. The third-order valence-electron chi connectivity index (χ3n) is 2.58. The Bertz CT molecular complexity index is 147. The molecule has 0 aromatic carbocycles. The van der Waals surface area contributed by atoms with E-state index in [1.807, 2.05) is 0 Å². The molecule has 0 amide bonds. The quantitative estimate of drug-likeness (QED) is 0.566. The fourth-order valence-corrected chi connectivity index (χ4v) is 3.02. The van der Waals surface area contributed by atoms with Crippen LogP contribution in [-0.4, -0.2) is 16.1 Å². The van der Waals surface area contributed by atoms with Crippen LogP contribution < -0.4 is 0 Å². The number of hydrogen-bond donors (Lipinski definition) is 0. The van der Waals surface area contributed by atoms with Crippen molar-refractivity contribution in [3.8, 4) is 0 Å². The van der Waals surface area contributed by atoms with Crippen LogP contribution in [0.15, 0.2) is 0 Å². The highest BCUT2D eigenvalue weighted by Crippen LogP contribution is 2.30. The molecule has 3 atom stereocenters. The minimum atomic E-state index is 0.445. The van der Waals surface area contributed by atoms with Gasteiger partial charge in [0.05, 0.1) is 12.2 Å². The molecule has 1 aliphatic rings. The van der Waals surface area contributed by atoms with Gasteiger partial charge in [0, 0.05) is 3.92 Å². The highest BCUT2D eigenvalue weighted by molar-refractivity contribution is 14.1. The first-order valence-electron chi connectivity index (χ1n) is 5.39. The molecule has 1 fully saturated rings. The van der Waals surface area contributed by atoms with Crippen molar-refractivity contribution < 1.29 is 4.74 Å². The van der Waals surface area contributed by atoms with E-state index in [9.17, 15) is 0 Å². The maximum atomic E-state index is 6.03. The Labute approximate surface area is 95.8 Å². The summed E-state index contributed by atoms with van der Waals surface area (Å²) in [5.74, 6) is 0.754. The normalized spacial score (nSPS) is 31.2. The van der Waals surface area contributed by atoms with Gasteiger partial charge in [-0.3, -0.25) is 0 Å². The van der Waals surface area contributed by atoms with Crippen molar-refractivity contribution in [1.29, 1.82) is 0 Å². The van der Waals surface area contributed by atoms with E-state index in [0.717, 1.165) is 9.84 Å². The molecule has 0 aromatic rings. The SMILES string of the molecule is CC(C)CC(C)OC1CCCC1I. The summed E-state index contributed by atoms with van der Waals surface area (Å²) in [4.78, 5) is 0. The number of ether oxygens (including phenoxy) is 1. The van der Waals surface area contributed by atoms with Crippen LogP contribution in [-0.2, 0) is 4.74 Å². The molecule has 0 aliphatic heterocycles. The minimum Gasteiger partial charge on any atom is -0.374 e. The lowest BCUT2D eigenvalue weighted by Crippen LogP contribution is -2.24. The molecule has 1 aliphatic carbocycles. The van der Waals surface area contributed by atoms with Crippen LogP contribution in [0, 0.1) is 5.92 Å². The fraction of sp³-hybridized carbons (Fsp3) is 1.00. The fourth-order valence-electron chi connectivity index (χ4n) is 2.05. The van der Waals surface area contributed by atoms with Gasteiger partial charge in [-0.2, -0.15) is 0 Å². The van der Waals surface area contributed by atoms with Crippen molar-refractivity contribution in [1.82, 2.24) is 0 Å². The first kappa shape index (κ1) is 11.8. The van der Waals surface area contributed by atoms with Crippen LogP contribution in [0.3, 0.4) is 0 Å². The van der Waals surface area contributed by atoms with E-state index >= 15 is 0 Å². The summed E-state index contributed by atoms with van der Waals surface area (Å²) < 4.78 is 6.78. The van der Waals surface area contributed by atoms with Crippen LogP contribution in [0.4, 0.5) is 0 Å². The van der Waals surface area contributed by atoms with Crippen molar-refractivity contribution >= 4 is 22.6 Å². The molecule has 3 unspecified atom stereocenters. The minimum absolute atomic E-state index is 0.445. The summed E-state index contributed by atoms with van der Waals surface area (Å²) in [7, 11) is 0. The number of halogens is 1. The van der Waals surface area contributed by atoms with Gasteiger partial charge in [-0.1, -0.05) is 36.4 Å². The van der Waals surface area contributed by atoms with Crippen molar-refractivity contribution in [3.05, 3.63) is 0 Å².